The molecule has 0 aliphatic rings. The van der Waals surface area contributed by atoms with Crippen molar-refractivity contribution in [1.82, 2.24) is 9.55 Å². The number of rotatable bonds is 3. The van der Waals surface area contributed by atoms with Crippen molar-refractivity contribution in [3.8, 4) is 11.6 Å². The lowest BCUT2D eigenvalue weighted by Gasteiger charge is -2.09. The number of aliphatic hydroxyl groups is 1. The third kappa shape index (κ3) is 1.80. The molecule has 0 saturated carbocycles. The average Bonchev–Trinajstić information content (AvgIpc) is 2.96. The topological polar surface area (TPSA) is 51.2 Å². The Kier molecular flexibility index (Phi) is 2.64. The fourth-order valence-electron chi connectivity index (χ4n) is 2.12. The Labute approximate surface area is 104 Å². The molecule has 2 heterocycles. The molecule has 4 nitrogen and oxygen atoms in total. The van der Waals surface area contributed by atoms with Gasteiger partial charge in [0, 0.05) is 0 Å². The monoisotopic (exact) mass is 242 g/mol. The minimum absolute atomic E-state index is 0.434. The van der Waals surface area contributed by atoms with Gasteiger partial charge in [0.25, 0.3) is 0 Å². The van der Waals surface area contributed by atoms with Gasteiger partial charge in [-0.15, -0.1) is 0 Å². The molecule has 0 aliphatic carbocycles. The maximum atomic E-state index is 9.63. The van der Waals surface area contributed by atoms with Gasteiger partial charge in [-0.25, -0.2) is 4.98 Å². The number of hydrogen-bond acceptors (Lipinski definition) is 3. The van der Waals surface area contributed by atoms with Gasteiger partial charge in [0.1, 0.15) is 0 Å². The number of nitrogens with zero attached hydrogens (tertiary/aromatic N) is 2. The molecule has 0 amide bonds. The Bertz CT molecular complexity index is 654. The molecule has 18 heavy (non-hydrogen) atoms. The predicted octanol–water partition coefficient (Wildman–Crippen LogP) is 2.68. The van der Waals surface area contributed by atoms with Crippen molar-refractivity contribution < 1.29 is 9.52 Å². The summed E-state index contributed by atoms with van der Waals surface area (Å²) in [6.45, 7) is 2.26. The summed E-state index contributed by atoms with van der Waals surface area (Å²) in [4.78, 5) is 4.57. The van der Waals surface area contributed by atoms with Crippen molar-refractivity contribution in [3.63, 3.8) is 0 Å². The van der Waals surface area contributed by atoms with Gasteiger partial charge >= 0.3 is 0 Å². The molecular formula is C14H14N2O2. The molecule has 0 unspecified atom stereocenters. The third-order valence-corrected chi connectivity index (χ3v) is 2.84. The molecule has 3 aromatic rings. The SMILES string of the molecule is C[C@H](O)Cn1c(-c2ccco2)nc2ccccc21. The second-order valence-corrected chi connectivity index (χ2v) is 4.36. The summed E-state index contributed by atoms with van der Waals surface area (Å²) in [7, 11) is 0. The molecule has 92 valence electrons. The minimum Gasteiger partial charge on any atom is -0.461 e. The smallest absolute Gasteiger partial charge is 0.177 e. The molecule has 1 N–H and O–H groups in total. The van der Waals surface area contributed by atoms with E-state index in [1.54, 1.807) is 13.2 Å². The van der Waals surface area contributed by atoms with E-state index >= 15 is 0 Å². The van der Waals surface area contributed by atoms with Crippen LogP contribution in [0, 0.1) is 0 Å². The largest absolute Gasteiger partial charge is 0.461 e. The van der Waals surface area contributed by atoms with Crippen LogP contribution in [0.15, 0.2) is 47.1 Å². The van der Waals surface area contributed by atoms with Crippen LogP contribution in [-0.4, -0.2) is 20.8 Å². The number of furan rings is 1. The lowest BCUT2D eigenvalue weighted by atomic mass is 10.3. The van der Waals surface area contributed by atoms with Crippen molar-refractivity contribution >= 4 is 11.0 Å². The molecule has 0 bridgehead atoms. The zero-order chi connectivity index (χ0) is 12.5. The third-order valence-electron chi connectivity index (χ3n) is 2.84. The van der Waals surface area contributed by atoms with E-state index in [1.165, 1.54) is 0 Å². The molecule has 0 spiro atoms. The van der Waals surface area contributed by atoms with E-state index in [4.69, 9.17) is 4.42 Å². The number of fused-ring (bicyclic) bond motifs is 1. The van der Waals surface area contributed by atoms with E-state index in [0.29, 0.717) is 12.3 Å². The Morgan fingerprint density at radius 2 is 2.11 bits per heavy atom. The first-order chi connectivity index (χ1) is 8.75. The normalized spacial score (nSPS) is 13.0. The predicted molar refractivity (Wildman–Crippen MR) is 69.1 cm³/mol. The van der Waals surface area contributed by atoms with Crippen molar-refractivity contribution in [2.75, 3.05) is 0 Å². The Balaban J connectivity index is 2.23. The van der Waals surface area contributed by atoms with Gasteiger partial charge in [-0.1, -0.05) is 12.1 Å². The van der Waals surface area contributed by atoms with E-state index in [1.807, 2.05) is 41.0 Å². The van der Waals surface area contributed by atoms with Gasteiger partial charge in [0.15, 0.2) is 11.6 Å². The standard InChI is InChI=1S/C14H14N2O2/c1-10(17)9-16-12-6-3-2-5-11(12)15-14(16)13-7-4-8-18-13/h2-8,10,17H,9H2,1H3/t10-/m0/s1. The Morgan fingerprint density at radius 3 is 2.83 bits per heavy atom. The highest BCUT2D eigenvalue weighted by Crippen LogP contribution is 2.25. The maximum absolute atomic E-state index is 9.63. The van der Waals surface area contributed by atoms with Crippen molar-refractivity contribution in [3.05, 3.63) is 42.7 Å². The highest BCUT2D eigenvalue weighted by Gasteiger charge is 2.15. The van der Waals surface area contributed by atoms with Crippen molar-refractivity contribution in [2.24, 2.45) is 0 Å². The fourth-order valence-corrected chi connectivity index (χ4v) is 2.12. The van der Waals surface area contributed by atoms with Crippen LogP contribution in [0.3, 0.4) is 0 Å². The number of benzene rings is 1. The molecule has 0 aliphatic heterocycles. The van der Waals surface area contributed by atoms with Crippen LogP contribution in [0.2, 0.25) is 0 Å². The molecule has 1 aromatic carbocycles. The second-order valence-electron chi connectivity index (χ2n) is 4.36. The van der Waals surface area contributed by atoms with E-state index in [9.17, 15) is 5.11 Å². The number of aromatic nitrogens is 2. The first-order valence-corrected chi connectivity index (χ1v) is 5.93. The molecule has 0 saturated heterocycles. The Morgan fingerprint density at radius 1 is 1.28 bits per heavy atom. The zero-order valence-electron chi connectivity index (χ0n) is 10.1. The summed E-state index contributed by atoms with van der Waals surface area (Å²) in [5, 5.41) is 9.63. The van der Waals surface area contributed by atoms with Crippen LogP contribution >= 0.6 is 0 Å². The van der Waals surface area contributed by atoms with Gasteiger partial charge in [-0.05, 0) is 31.2 Å². The zero-order valence-corrected chi connectivity index (χ0v) is 10.1. The van der Waals surface area contributed by atoms with Gasteiger partial charge in [-0.3, -0.25) is 0 Å². The van der Waals surface area contributed by atoms with Crippen LogP contribution in [0.5, 0.6) is 0 Å². The fraction of sp³-hybridized carbons (Fsp3) is 0.214. The van der Waals surface area contributed by atoms with Gasteiger partial charge in [-0.2, -0.15) is 0 Å². The quantitative estimate of drug-likeness (QED) is 0.768. The molecular weight excluding hydrogens is 228 g/mol. The molecule has 0 fully saturated rings. The van der Waals surface area contributed by atoms with Crippen LogP contribution in [0.1, 0.15) is 6.92 Å². The molecule has 4 heteroatoms. The summed E-state index contributed by atoms with van der Waals surface area (Å²) in [5.41, 5.74) is 1.91. The van der Waals surface area contributed by atoms with Crippen LogP contribution in [0.4, 0.5) is 0 Å². The molecule has 0 radical (unpaired) electrons. The van der Waals surface area contributed by atoms with Gasteiger partial charge < -0.3 is 14.1 Å². The Hall–Kier alpha value is -2.07. The average molecular weight is 242 g/mol. The molecule has 1 atom stereocenters. The van der Waals surface area contributed by atoms with Gasteiger partial charge in [0.2, 0.25) is 0 Å². The number of hydrogen-bond donors (Lipinski definition) is 1. The van der Waals surface area contributed by atoms with Crippen LogP contribution < -0.4 is 0 Å². The first kappa shape index (κ1) is 11.0. The second kappa shape index (κ2) is 4.31. The van der Waals surface area contributed by atoms with Crippen molar-refractivity contribution in [2.45, 2.75) is 19.6 Å². The summed E-state index contributed by atoms with van der Waals surface area (Å²) in [6.07, 6.45) is 1.19. The number of aliphatic hydroxyl groups excluding tert-OH is 1. The summed E-state index contributed by atoms with van der Waals surface area (Å²) < 4.78 is 7.39. The minimum atomic E-state index is -0.434. The van der Waals surface area contributed by atoms with Crippen LogP contribution in [-0.2, 0) is 6.54 Å². The summed E-state index contributed by atoms with van der Waals surface area (Å²) in [6, 6.07) is 11.6. The van der Waals surface area contributed by atoms with E-state index in [2.05, 4.69) is 4.98 Å². The first-order valence-electron chi connectivity index (χ1n) is 5.93. The van der Waals surface area contributed by atoms with Crippen molar-refractivity contribution in [1.29, 1.82) is 0 Å². The highest BCUT2D eigenvalue weighted by molar-refractivity contribution is 5.79. The highest BCUT2D eigenvalue weighted by atomic mass is 16.3. The lowest BCUT2D eigenvalue weighted by molar-refractivity contribution is 0.175. The lowest BCUT2D eigenvalue weighted by Crippen LogP contribution is -2.12. The summed E-state index contributed by atoms with van der Waals surface area (Å²) >= 11 is 0. The van der Waals surface area contributed by atoms with E-state index < -0.39 is 6.10 Å². The van der Waals surface area contributed by atoms with E-state index in [0.717, 1.165) is 16.9 Å². The molecule has 3 rings (SSSR count). The van der Waals surface area contributed by atoms with E-state index in [-0.39, 0.29) is 0 Å². The molecule has 2 aromatic heterocycles. The number of para-hydroxylation sites is 2. The maximum Gasteiger partial charge on any atom is 0.177 e. The summed E-state index contributed by atoms with van der Waals surface area (Å²) in [5.74, 6) is 1.47. The number of imidazole rings is 1. The van der Waals surface area contributed by atoms with Gasteiger partial charge in [0.05, 0.1) is 29.9 Å². The van der Waals surface area contributed by atoms with Crippen LogP contribution in [0.25, 0.3) is 22.6 Å².